The summed E-state index contributed by atoms with van der Waals surface area (Å²) in [5.41, 5.74) is 0. The van der Waals surface area contributed by atoms with Crippen LogP contribution in [0.3, 0.4) is 0 Å². The quantitative estimate of drug-likeness (QED) is 0.708. The lowest BCUT2D eigenvalue weighted by Crippen LogP contribution is -2.55. The van der Waals surface area contributed by atoms with E-state index in [1.807, 2.05) is 13.8 Å². The molecular formula is C13H26N2O. The van der Waals surface area contributed by atoms with Gasteiger partial charge in [-0.1, -0.05) is 13.8 Å². The van der Waals surface area contributed by atoms with E-state index in [4.69, 9.17) is 4.74 Å². The molecule has 0 spiro atoms. The van der Waals surface area contributed by atoms with Gasteiger partial charge in [-0.3, -0.25) is 4.90 Å². The first-order chi connectivity index (χ1) is 7.83. The summed E-state index contributed by atoms with van der Waals surface area (Å²) < 4.78 is 5.25. The molecule has 0 amide bonds. The minimum atomic E-state index is 0.835. The molecule has 0 N–H and O–H groups in total. The number of fused-ring (bicyclic) bond motifs is 2. The zero-order chi connectivity index (χ0) is 11.5. The molecule has 0 aromatic carbocycles. The van der Waals surface area contributed by atoms with Gasteiger partial charge in [-0.15, -0.1) is 0 Å². The fourth-order valence-electron chi connectivity index (χ4n) is 3.19. The smallest absolute Gasteiger partial charge is 0.0528 e. The van der Waals surface area contributed by atoms with E-state index in [1.165, 1.54) is 32.5 Å². The van der Waals surface area contributed by atoms with Crippen molar-refractivity contribution < 1.29 is 4.74 Å². The van der Waals surface area contributed by atoms with Crippen molar-refractivity contribution in [2.45, 2.75) is 38.8 Å². The third kappa shape index (κ3) is 2.41. The van der Waals surface area contributed by atoms with Gasteiger partial charge in [0.15, 0.2) is 0 Å². The van der Waals surface area contributed by atoms with Gasteiger partial charge in [0.05, 0.1) is 13.2 Å². The van der Waals surface area contributed by atoms with E-state index in [1.54, 1.807) is 0 Å². The van der Waals surface area contributed by atoms with Gasteiger partial charge < -0.3 is 9.64 Å². The number of ether oxygens (including phenoxy) is 1. The predicted molar refractivity (Wildman–Crippen MR) is 66.7 cm³/mol. The summed E-state index contributed by atoms with van der Waals surface area (Å²) in [6.07, 6.45) is 2.84. The fraction of sp³-hybridized carbons (Fsp3) is 1.00. The maximum Gasteiger partial charge on any atom is 0.0528 e. The molecule has 3 nitrogen and oxygen atoms in total. The van der Waals surface area contributed by atoms with Gasteiger partial charge in [-0.2, -0.15) is 0 Å². The van der Waals surface area contributed by atoms with Crippen LogP contribution in [-0.4, -0.2) is 61.8 Å². The van der Waals surface area contributed by atoms with E-state index < -0.39 is 0 Å². The van der Waals surface area contributed by atoms with Crippen molar-refractivity contribution in [3.63, 3.8) is 0 Å². The van der Waals surface area contributed by atoms with Crippen molar-refractivity contribution in [3.8, 4) is 0 Å². The molecule has 3 heterocycles. The molecule has 0 aliphatic carbocycles. The van der Waals surface area contributed by atoms with Crippen LogP contribution in [0.5, 0.6) is 0 Å². The topological polar surface area (TPSA) is 15.7 Å². The van der Waals surface area contributed by atoms with Crippen LogP contribution in [0.4, 0.5) is 0 Å². The van der Waals surface area contributed by atoms with Crippen molar-refractivity contribution in [1.29, 1.82) is 0 Å². The van der Waals surface area contributed by atoms with Crippen molar-refractivity contribution in [1.82, 2.24) is 9.80 Å². The Hall–Kier alpha value is -0.120. The first kappa shape index (κ1) is 12.3. The molecule has 2 atom stereocenters. The number of piperazine rings is 1. The second-order valence-electron chi connectivity index (χ2n) is 5.21. The summed E-state index contributed by atoms with van der Waals surface area (Å²) in [5.74, 6) is 0.835. The summed E-state index contributed by atoms with van der Waals surface area (Å²) >= 11 is 0. The zero-order valence-electron chi connectivity index (χ0n) is 11.0. The van der Waals surface area contributed by atoms with E-state index in [0.717, 1.165) is 31.2 Å². The minimum Gasteiger partial charge on any atom is -0.381 e. The SMILES string of the molecule is CC.CN1CC2CCC(C1)N2CC1COC1. The Bertz CT molecular complexity index is 204. The number of likely N-dealkylation sites (N-methyl/N-ethyl adjacent to an activating group) is 1. The highest BCUT2D eigenvalue weighted by Crippen LogP contribution is 2.31. The van der Waals surface area contributed by atoms with Crippen LogP contribution in [0.25, 0.3) is 0 Å². The van der Waals surface area contributed by atoms with Crippen LogP contribution in [0, 0.1) is 5.92 Å². The molecular weight excluding hydrogens is 200 g/mol. The number of hydrogen-bond donors (Lipinski definition) is 0. The molecule has 0 radical (unpaired) electrons. The van der Waals surface area contributed by atoms with E-state index in [0.29, 0.717) is 0 Å². The van der Waals surface area contributed by atoms with Gasteiger partial charge in [-0.25, -0.2) is 0 Å². The molecule has 16 heavy (non-hydrogen) atoms. The summed E-state index contributed by atoms with van der Waals surface area (Å²) in [4.78, 5) is 5.25. The third-order valence-electron chi connectivity index (χ3n) is 3.99. The molecule has 0 saturated carbocycles. The molecule has 0 aromatic rings. The Balaban J connectivity index is 0.000000457. The maximum atomic E-state index is 5.25. The Labute approximate surface area is 99.7 Å². The average Bonchev–Trinajstić information content (AvgIpc) is 2.46. The summed E-state index contributed by atoms with van der Waals surface area (Å²) in [5, 5.41) is 0. The van der Waals surface area contributed by atoms with Crippen molar-refractivity contribution in [2.24, 2.45) is 5.92 Å². The molecule has 3 heteroatoms. The van der Waals surface area contributed by atoms with Crippen molar-refractivity contribution >= 4 is 0 Å². The van der Waals surface area contributed by atoms with Crippen LogP contribution in [0.15, 0.2) is 0 Å². The predicted octanol–water partition coefficient (Wildman–Crippen LogP) is 1.44. The summed E-state index contributed by atoms with van der Waals surface area (Å²) in [6, 6.07) is 1.69. The Morgan fingerprint density at radius 2 is 1.62 bits per heavy atom. The number of hydrogen-bond acceptors (Lipinski definition) is 3. The van der Waals surface area contributed by atoms with Gasteiger partial charge in [0, 0.05) is 37.6 Å². The normalized spacial score (nSPS) is 35.4. The third-order valence-corrected chi connectivity index (χ3v) is 3.99. The highest BCUT2D eigenvalue weighted by atomic mass is 16.5. The van der Waals surface area contributed by atoms with Crippen LogP contribution in [0.1, 0.15) is 26.7 Å². The summed E-state index contributed by atoms with van der Waals surface area (Å²) in [6.45, 7) is 9.87. The first-order valence-corrected chi connectivity index (χ1v) is 6.85. The lowest BCUT2D eigenvalue weighted by atomic mass is 10.1. The van der Waals surface area contributed by atoms with Gasteiger partial charge in [0.2, 0.25) is 0 Å². The lowest BCUT2D eigenvalue weighted by Gasteiger charge is -2.42. The zero-order valence-corrected chi connectivity index (χ0v) is 11.0. The van der Waals surface area contributed by atoms with Crippen LogP contribution in [0.2, 0.25) is 0 Å². The molecule has 3 rings (SSSR count). The second kappa shape index (κ2) is 5.48. The van der Waals surface area contributed by atoms with Gasteiger partial charge >= 0.3 is 0 Å². The molecule has 3 aliphatic heterocycles. The highest BCUT2D eigenvalue weighted by molar-refractivity contribution is 4.96. The Morgan fingerprint density at radius 3 is 2.06 bits per heavy atom. The monoisotopic (exact) mass is 226 g/mol. The van der Waals surface area contributed by atoms with E-state index in [9.17, 15) is 0 Å². The average molecular weight is 226 g/mol. The second-order valence-corrected chi connectivity index (χ2v) is 5.21. The number of nitrogens with zero attached hydrogens (tertiary/aromatic N) is 2. The van der Waals surface area contributed by atoms with Crippen molar-refractivity contribution in [3.05, 3.63) is 0 Å². The first-order valence-electron chi connectivity index (χ1n) is 6.85. The number of likely N-dealkylation sites (tertiary alicyclic amines) is 1. The largest absolute Gasteiger partial charge is 0.381 e. The standard InChI is InChI=1S/C11H20N2O.C2H6/c1-12-5-10-2-3-11(6-12)13(10)4-9-7-14-8-9;1-2/h9-11H,2-8H2,1H3;1-2H3. The van der Waals surface area contributed by atoms with Crippen LogP contribution in [-0.2, 0) is 4.74 Å². The van der Waals surface area contributed by atoms with Gasteiger partial charge in [0.1, 0.15) is 0 Å². The van der Waals surface area contributed by atoms with Crippen LogP contribution >= 0.6 is 0 Å². The maximum absolute atomic E-state index is 5.25. The molecule has 2 bridgehead atoms. The molecule has 3 fully saturated rings. The lowest BCUT2D eigenvalue weighted by molar-refractivity contribution is -0.0605. The molecule has 2 unspecified atom stereocenters. The Kier molecular flexibility index (Phi) is 4.22. The number of rotatable bonds is 2. The van der Waals surface area contributed by atoms with Gasteiger partial charge in [0.25, 0.3) is 0 Å². The minimum absolute atomic E-state index is 0.835. The fourth-order valence-corrected chi connectivity index (χ4v) is 3.19. The van der Waals surface area contributed by atoms with E-state index in [2.05, 4.69) is 16.8 Å². The molecule has 3 aliphatic rings. The van der Waals surface area contributed by atoms with Gasteiger partial charge in [-0.05, 0) is 19.9 Å². The van der Waals surface area contributed by atoms with Crippen molar-refractivity contribution in [2.75, 3.05) is 39.9 Å². The molecule has 94 valence electrons. The summed E-state index contributed by atoms with van der Waals surface area (Å²) in [7, 11) is 2.26. The Morgan fingerprint density at radius 1 is 1.06 bits per heavy atom. The van der Waals surface area contributed by atoms with Crippen LogP contribution < -0.4 is 0 Å². The molecule has 3 saturated heterocycles. The highest BCUT2D eigenvalue weighted by Gasteiger charge is 2.40. The molecule has 0 aromatic heterocycles. The van der Waals surface area contributed by atoms with E-state index >= 15 is 0 Å². The van der Waals surface area contributed by atoms with E-state index in [-0.39, 0.29) is 0 Å².